The fourth-order valence-corrected chi connectivity index (χ4v) is 3.20. The lowest BCUT2D eigenvalue weighted by Crippen LogP contribution is -2.14. The van der Waals surface area contributed by atoms with E-state index in [4.69, 9.17) is 27.9 Å². The number of amides is 2. The van der Waals surface area contributed by atoms with Crippen molar-refractivity contribution < 1.29 is 14.3 Å². The van der Waals surface area contributed by atoms with Crippen LogP contribution in [0.5, 0.6) is 5.75 Å². The van der Waals surface area contributed by atoms with E-state index in [-0.39, 0.29) is 16.8 Å². The number of anilines is 2. The molecule has 0 saturated heterocycles. The largest absolute Gasteiger partial charge is 0.493 e. The van der Waals surface area contributed by atoms with Crippen LogP contribution in [0.15, 0.2) is 66.7 Å². The van der Waals surface area contributed by atoms with Crippen LogP contribution < -0.4 is 15.4 Å². The first-order valence-electron chi connectivity index (χ1n) is 9.72. The third-order valence-corrected chi connectivity index (χ3v) is 4.80. The van der Waals surface area contributed by atoms with Gasteiger partial charge in [0.15, 0.2) is 0 Å². The molecular weight excluding hydrogens is 435 g/mol. The lowest BCUT2D eigenvalue weighted by atomic mass is 10.2. The van der Waals surface area contributed by atoms with Gasteiger partial charge < -0.3 is 15.4 Å². The van der Waals surface area contributed by atoms with Crippen LogP contribution in [-0.4, -0.2) is 18.4 Å². The maximum absolute atomic E-state index is 12.6. The molecule has 0 aliphatic carbocycles. The minimum absolute atomic E-state index is 0.250. The van der Waals surface area contributed by atoms with Crippen molar-refractivity contribution in [2.24, 2.45) is 5.92 Å². The van der Waals surface area contributed by atoms with Crippen LogP contribution in [0.25, 0.3) is 0 Å². The molecule has 0 aromatic heterocycles. The van der Waals surface area contributed by atoms with Crippen LogP contribution >= 0.6 is 23.2 Å². The molecule has 0 saturated carbocycles. The van der Waals surface area contributed by atoms with E-state index in [1.54, 1.807) is 54.6 Å². The Bertz CT molecular complexity index is 1080. The molecule has 0 aliphatic heterocycles. The van der Waals surface area contributed by atoms with Gasteiger partial charge in [0.2, 0.25) is 0 Å². The molecule has 0 unspecified atom stereocenters. The van der Waals surface area contributed by atoms with Gasteiger partial charge in [-0.2, -0.15) is 0 Å². The summed E-state index contributed by atoms with van der Waals surface area (Å²) in [4.78, 5) is 25.0. The maximum Gasteiger partial charge on any atom is 0.257 e. The van der Waals surface area contributed by atoms with Crippen LogP contribution in [-0.2, 0) is 0 Å². The second-order valence-electron chi connectivity index (χ2n) is 7.34. The molecule has 0 heterocycles. The first kappa shape index (κ1) is 22.7. The van der Waals surface area contributed by atoms with E-state index >= 15 is 0 Å². The zero-order valence-electron chi connectivity index (χ0n) is 17.1. The zero-order chi connectivity index (χ0) is 22.4. The second-order valence-corrected chi connectivity index (χ2v) is 8.19. The first-order valence-corrected chi connectivity index (χ1v) is 10.5. The van der Waals surface area contributed by atoms with Crippen molar-refractivity contribution in [2.45, 2.75) is 13.8 Å². The van der Waals surface area contributed by atoms with Crippen molar-refractivity contribution >= 4 is 46.4 Å². The average Bonchev–Trinajstić information content (AvgIpc) is 2.73. The van der Waals surface area contributed by atoms with E-state index in [2.05, 4.69) is 24.5 Å². The van der Waals surface area contributed by atoms with Gasteiger partial charge in [-0.05, 0) is 66.6 Å². The molecular formula is C24H22Cl2N2O3. The van der Waals surface area contributed by atoms with Gasteiger partial charge in [0.05, 0.1) is 17.2 Å². The van der Waals surface area contributed by atoms with Crippen LogP contribution in [0.3, 0.4) is 0 Å². The van der Waals surface area contributed by atoms with Gasteiger partial charge in [0.1, 0.15) is 5.75 Å². The smallest absolute Gasteiger partial charge is 0.257 e. The third-order valence-electron chi connectivity index (χ3n) is 4.26. The summed E-state index contributed by atoms with van der Waals surface area (Å²) >= 11 is 11.9. The summed E-state index contributed by atoms with van der Waals surface area (Å²) in [7, 11) is 0. The molecule has 3 aromatic carbocycles. The Hall–Kier alpha value is -3.02. The molecule has 0 aliphatic rings. The van der Waals surface area contributed by atoms with Gasteiger partial charge in [0.25, 0.3) is 11.8 Å². The predicted molar refractivity (Wildman–Crippen MR) is 126 cm³/mol. The number of carbonyl (C=O) groups excluding carboxylic acids is 2. The van der Waals surface area contributed by atoms with Crippen LogP contribution in [0.4, 0.5) is 11.4 Å². The Morgan fingerprint density at radius 2 is 1.52 bits per heavy atom. The van der Waals surface area contributed by atoms with Gasteiger partial charge >= 0.3 is 0 Å². The molecule has 2 amide bonds. The van der Waals surface area contributed by atoms with Gasteiger partial charge in [-0.1, -0.05) is 43.1 Å². The predicted octanol–water partition coefficient (Wildman–Crippen LogP) is 6.53. The average molecular weight is 457 g/mol. The number of benzene rings is 3. The topological polar surface area (TPSA) is 67.4 Å². The van der Waals surface area contributed by atoms with Crippen LogP contribution in [0.1, 0.15) is 34.6 Å². The van der Waals surface area contributed by atoms with Crippen molar-refractivity contribution in [3.8, 4) is 5.75 Å². The van der Waals surface area contributed by atoms with Crippen molar-refractivity contribution in [2.75, 3.05) is 17.2 Å². The molecule has 3 aromatic rings. The Labute approximate surface area is 191 Å². The highest BCUT2D eigenvalue weighted by atomic mass is 35.5. The van der Waals surface area contributed by atoms with E-state index in [0.717, 1.165) is 0 Å². The third kappa shape index (κ3) is 6.48. The quantitative estimate of drug-likeness (QED) is 0.424. The van der Waals surface area contributed by atoms with Crippen molar-refractivity contribution in [3.05, 3.63) is 87.9 Å². The molecule has 0 fully saturated rings. The summed E-state index contributed by atoms with van der Waals surface area (Å²) in [5, 5.41) is 6.33. The van der Waals surface area contributed by atoms with Crippen LogP contribution in [0.2, 0.25) is 10.0 Å². The SMILES string of the molecule is CC(C)COc1cccc(C(=O)Nc2ccc(NC(=O)c3ccc(Cl)cc3Cl)cc2)c1. The monoisotopic (exact) mass is 456 g/mol. The number of halogens is 2. The second kappa shape index (κ2) is 10.3. The van der Waals surface area contributed by atoms with E-state index < -0.39 is 0 Å². The summed E-state index contributed by atoms with van der Waals surface area (Å²) in [6.07, 6.45) is 0. The minimum atomic E-state index is -0.350. The number of ether oxygens (including phenoxy) is 1. The Kier molecular flexibility index (Phi) is 7.55. The fraction of sp³-hybridized carbons (Fsp3) is 0.167. The Balaban J connectivity index is 1.62. The number of carbonyl (C=O) groups is 2. The molecule has 7 heteroatoms. The van der Waals surface area contributed by atoms with Gasteiger partial charge in [-0.3, -0.25) is 9.59 Å². The normalized spacial score (nSPS) is 10.6. The molecule has 0 radical (unpaired) electrons. The summed E-state index contributed by atoms with van der Waals surface area (Å²) in [5.41, 5.74) is 1.98. The highest BCUT2D eigenvalue weighted by Gasteiger charge is 2.12. The molecule has 3 rings (SSSR count). The number of rotatable bonds is 7. The molecule has 0 spiro atoms. The zero-order valence-corrected chi connectivity index (χ0v) is 18.6. The van der Waals surface area contributed by atoms with Crippen molar-refractivity contribution in [1.29, 1.82) is 0 Å². The summed E-state index contributed by atoms with van der Waals surface area (Å²) < 4.78 is 5.68. The molecule has 160 valence electrons. The summed E-state index contributed by atoms with van der Waals surface area (Å²) in [5.74, 6) is 0.448. The van der Waals surface area contributed by atoms with Crippen LogP contribution in [0, 0.1) is 5.92 Å². The molecule has 0 atom stereocenters. The van der Waals surface area contributed by atoms with Gasteiger partial charge in [-0.15, -0.1) is 0 Å². The number of nitrogens with one attached hydrogen (secondary N) is 2. The van der Waals surface area contributed by atoms with E-state index in [9.17, 15) is 9.59 Å². The first-order chi connectivity index (χ1) is 14.8. The van der Waals surface area contributed by atoms with Gasteiger partial charge in [-0.25, -0.2) is 0 Å². The molecule has 2 N–H and O–H groups in total. The molecule has 0 bridgehead atoms. The lowest BCUT2D eigenvalue weighted by molar-refractivity contribution is 0.101. The highest BCUT2D eigenvalue weighted by molar-refractivity contribution is 6.37. The fourth-order valence-electron chi connectivity index (χ4n) is 2.70. The van der Waals surface area contributed by atoms with E-state index in [1.165, 1.54) is 6.07 Å². The lowest BCUT2D eigenvalue weighted by Gasteiger charge is -2.11. The van der Waals surface area contributed by atoms with E-state index in [1.807, 2.05) is 6.07 Å². The minimum Gasteiger partial charge on any atom is -0.493 e. The number of hydrogen-bond acceptors (Lipinski definition) is 3. The van der Waals surface area contributed by atoms with Gasteiger partial charge in [0, 0.05) is 22.0 Å². The highest BCUT2D eigenvalue weighted by Crippen LogP contribution is 2.23. The summed E-state index contributed by atoms with van der Waals surface area (Å²) in [6, 6.07) is 18.5. The van der Waals surface area contributed by atoms with E-state index in [0.29, 0.717) is 45.8 Å². The summed E-state index contributed by atoms with van der Waals surface area (Å²) in [6.45, 7) is 4.71. The number of hydrogen-bond donors (Lipinski definition) is 2. The van der Waals surface area contributed by atoms with Crippen molar-refractivity contribution in [3.63, 3.8) is 0 Å². The maximum atomic E-state index is 12.6. The Morgan fingerprint density at radius 3 is 2.13 bits per heavy atom. The van der Waals surface area contributed by atoms with Crippen molar-refractivity contribution in [1.82, 2.24) is 0 Å². The standard InChI is InChI=1S/C24H22Cl2N2O3/c1-15(2)14-31-20-5-3-4-16(12-20)23(29)27-18-7-9-19(10-8-18)28-24(30)21-11-6-17(25)13-22(21)26/h3-13,15H,14H2,1-2H3,(H,27,29)(H,28,30). The molecule has 31 heavy (non-hydrogen) atoms. The molecule has 5 nitrogen and oxygen atoms in total. The Morgan fingerprint density at radius 1 is 0.871 bits per heavy atom.